The molecule has 132 valence electrons. The largest absolute Gasteiger partial charge is 0.413 e. The van der Waals surface area contributed by atoms with Gasteiger partial charge in [0.2, 0.25) is 5.95 Å². The lowest BCUT2D eigenvalue weighted by molar-refractivity contribution is 0.276. The molecule has 0 aliphatic carbocycles. The van der Waals surface area contributed by atoms with Crippen LogP contribution in [0.25, 0.3) is 16.7 Å². The Morgan fingerprint density at radius 1 is 1.08 bits per heavy atom. The monoisotopic (exact) mass is 353 g/mol. The number of imidazole rings is 1. The smallest absolute Gasteiger partial charge is 0.205 e. The van der Waals surface area contributed by atoms with E-state index in [0.717, 1.165) is 22.3 Å². The second-order valence-corrected chi connectivity index (χ2v) is 12.8. The lowest BCUT2D eigenvalue weighted by Crippen LogP contribution is -2.40. The van der Waals surface area contributed by atoms with E-state index in [1.165, 1.54) is 0 Å². The van der Waals surface area contributed by atoms with Crippen molar-refractivity contribution < 1.29 is 4.43 Å². The van der Waals surface area contributed by atoms with Gasteiger partial charge in [0, 0.05) is 5.69 Å². The maximum Gasteiger partial charge on any atom is 0.205 e. The number of hydrogen-bond acceptors (Lipinski definition) is 3. The van der Waals surface area contributed by atoms with Crippen LogP contribution >= 0.6 is 0 Å². The molecule has 5 heteroatoms. The first-order valence-electron chi connectivity index (χ1n) is 8.65. The molecule has 1 aromatic heterocycles. The van der Waals surface area contributed by atoms with Gasteiger partial charge < -0.3 is 10.2 Å². The van der Waals surface area contributed by atoms with E-state index in [-0.39, 0.29) is 5.04 Å². The molecule has 2 aromatic carbocycles. The van der Waals surface area contributed by atoms with Gasteiger partial charge in [0.25, 0.3) is 0 Å². The van der Waals surface area contributed by atoms with Gasteiger partial charge in [0.05, 0.1) is 17.6 Å². The third-order valence-electron chi connectivity index (χ3n) is 5.17. The standard InChI is InChI=1S/C20H27N3OSi/c1-20(2,3)25(4,5)24-14-15-11-12-18-17(13-15)22-19(21)23(18)16-9-7-6-8-10-16/h6-13H,14H2,1-5H3,(H2,21,22). The molecule has 0 amide bonds. The molecule has 0 bridgehead atoms. The number of aromatic nitrogens is 2. The third kappa shape index (κ3) is 3.48. The average molecular weight is 354 g/mol. The second kappa shape index (κ2) is 6.31. The lowest BCUT2D eigenvalue weighted by Gasteiger charge is -2.36. The van der Waals surface area contributed by atoms with Crippen LogP contribution in [0.5, 0.6) is 0 Å². The Labute approximate surface area is 150 Å². The van der Waals surface area contributed by atoms with Gasteiger partial charge in [-0.2, -0.15) is 0 Å². The van der Waals surface area contributed by atoms with E-state index in [1.54, 1.807) is 0 Å². The molecule has 0 saturated carbocycles. The van der Waals surface area contributed by atoms with Crippen LogP contribution in [0.3, 0.4) is 0 Å². The first kappa shape index (κ1) is 17.7. The molecular formula is C20H27N3OSi. The molecule has 0 saturated heterocycles. The topological polar surface area (TPSA) is 53.1 Å². The average Bonchev–Trinajstić information content (AvgIpc) is 2.87. The summed E-state index contributed by atoms with van der Waals surface area (Å²) >= 11 is 0. The van der Waals surface area contributed by atoms with Gasteiger partial charge in [0.1, 0.15) is 0 Å². The summed E-state index contributed by atoms with van der Waals surface area (Å²) in [6.07, 6.45) is 0. The molecule has 0 aliphatic rings. The van der Waals surface area contributed by atoms with Crippen molar-refractivity contribution in [2.75, 3.05) is 5.73 Å². The molecule has 0 atom stereocenters. The van der Waals surface area contributed by atoms with Crippen molar-refractivity contribution >= 4 is 25.3 Å². The summed E-state index contributed by atoms with van der Waals surface area (Å²) in [4.78, 5) is 4.54. The SMILES string of the molecule is CC(C)(C)[Si](C)(C)OCc1ccc2c(c1)nc(N)n2-c1ccccc1. The highest BCUT2D eigenvalue weighted by Gasteiger charge is 2.37. The normalized spacial score (nSPS) is 12.7. The van der Waals surface area contributed by atoms with Crippen LogP contribution in [0.4, 0.5) is 5.95 Å². The van der Waals surface area contributed by atoms with Crippen LogP contribution in [0, 0.1) is 0 Å². The predicted molar refractivity (Wildman–Crippen MR) is 107 cm³/mol. The van der Waals surface area contributed by atoms with Gasteiger partial charge in [-0.15, -0.1) is 0 Å². The third-order valence-corrected chi connectivity index (χ3v) is 9.64. The van der Waals surface area contributed by atoms with Crippen molar-refractivity contribution in [3.8, 4) is 5.69 Å². The van der Waals surface area contributed by atoms with Crippen LogP contribution in [-0.4, -0.2) is 17.9 Å². The van der Waals surface area contributed by atoms with Crippen LogP contribution in [0.15, 0.2) is 48.5 Å². The maximum atomic E-state index is 6.32. The number of benzene rings is 2. The van der Waals surface area contributed by atoms with Gasteiger partial charge in [-0.3, -0.25) is 4.57 Å². The van der Waals surface area contributed by atoms with Crippen molar-refractivity contribution in [1.29, 1.82) is 0 Å². The molecule has 4 nitrogen and oxygen atoms in total. The van der Waals surface area contributed by atoms with E-state index < -0.39 is 8.32 Å². The molecule has 0 spiro atoms. The Bertz CT molecular complexity index is 879. The molecule has 3 aromatic rings. The number of hydrogen-bond donors (Lipinski definition) is 1. The van der Waals surface area contributed by atoms with Gasteiger partial charge in [0.15, 0.2) is 8.32 Å². The Hall–Kier alpha value is -2.11. The number of nitrogens with two attached hydrogens (primary N) is 1. The molecule has 0 unspecified atom stereocenters. The van der Waals surface area contributed by atoms with Crippen LogP contribution < -0.4 is 5.73 Å². The fourth-order valence-corrected chi connectivity index (χ4v) is 3.52. The van der Waals surface area contributed by atoms with E-state index in [2.05, 4.69) is 57.0 Å². The fraction of sp³-hybridized carbons (Fsp3) is 0.350. The maximum absolute atomic E-state index is 6.32. The molecule has 1 heterocycles. The van der Waals surface area contributed by atoms with Gasteiger partial charge in [-0.25, -0.2) is 4.98 Å². The zero-order valence-corrected chi connectivity index (χ0v) is 16.7. The fourth-order valence-electron chi connectivity index (χ4n) is 2.56. The van der Waals surface area contributed by atoms with Crippen molar-refractivity contribution in [3.05, 3.63) is 54.1 Å². The summed E-state index contributed by atoms with van der Waals surface area (Å²) in [5.74, 6) is 0.503. The molecule has 0 radical (unpaired) electrons. The van der Waals surface area contributed by atoms with Crippen molar-refractivity contribution in [2.45, 2.75) is 45.5 Å². The first-order valence-corrected chi connectivity index (χ1v) is 11.6. The zero-order chi connectivity index (χ0) is 18.2. The zero-order valence-electron chi connectivity index (χ0n) is 15.7. The Kier molecular flexibility index (Phi) is 4.47. The minimum absolute atomic E-state index is 0.205. The Morgan fingerprint density at radius 3 is 2.40 bits per heavy atom. The van der Waals surface area contributed by atoms with E-state index >= 15 is 0 Å². The van der Waals surface area contributed by atoms with Gasteiger partial charge >= 0.3 is 0 Å². The van der Waals surface area contributed by atoms with Crippen LogP contribution in [0.2, 0.25) is 18.1 Å². The molecule has 0 fully saturated rings. The Morgan fingerprint density at radius 2 is 1.76 bits per heavy atom. The van der Waals surface area contributed by atoms with E-state index in [1.807, 2.05) is 34.9 Å². The molecule has 25 heavy (non-hydrogen) atoms. The lowest BCUT2D eigenvalue weighted by atomic mass is 10.2. The number of nitrogens with zero attached hydrogens (tertiary/aromatic N) is 2. The number of para-hydroxylation sites is 1. The summed E-state index contributed by atoms with van der Waals surface area (Å²) in [5, 5.41) is 0.205. The quantitative estimate of drug-likeness (QED) is 0.662. The molecule has 2 N–H and O–H groups in total. The highest BCUT2D eigenvalue weighted by Crippen LogP contribution is 2.37. The van der Waals surface area contributed by atoms with Crippen molar-refractivity contribution in [1.82, 2.24) is 9.55 Å². The first-order chi connectivity index (χ1) is 11.7. The number of fused-ring (bicyclic) bond motifs is 1. The summed E-state index contributed by atoms with van der Waals surface area (Å²) in [6.45, 7) is 11.9. The summed E-state index contributed by atoms with van der Waals surface area (Å²) in [5.41, 5.74) is 10.2. The predicted octanol–water partition coefficient (Wildman–Crippen LogP) is 5.13. The summed E-state index contributed by atoms with van der Waals surface area (Å²) in [7, 11) is -1.76. The van der Waals surface area contributed by atoms with Gasteiger partial charge in [-0.05, 0) is 48.0 Å². The van der Waals surface area contributed by atoms with E-state index in [4.69, 9.17) is 10.2 Å². The second-order valence-electron chi connectivity index (χ2n) is 8.01. The van der Waals surface area contributed by atoms with E-state index in [9.17, 15) is 0 Å². The highest BCUT2D eigenvalue weighted by molar-refractivity contribution is 6.74. The summed E-state index contributed by atoms with van der Waals surface area (Å²) in [6, 6.07) is 16.3. The van der Waals surface area contributed by atoms with Crippen LogP contribution in [0.1, 0.15) is 26.3 Å². The highest BCUT2D eigenvalue weighted by atomic mass is 28.4. The Balaban J connectivity index is 1.90. The number of nitrogen functional groups attached to an aromatic ring is 1. The number of rotatable bonds is 4. The molecule has 0 aliphatic heterocycles. The van der Waals surface area contributed by atoms with Crippen molar-refractivity contribution in [2.24, 2.45) is 0 Å². The van der Waals surface area contributed by atoms with Crippen LogP contribution in [-0.2, 0) is 11.0 Å². The van der Waals surface area contributed by atoms with E-state index in [0.29, 0.717) is 12.6 Å². The summed E-state index contributed by atoms with van der Waals surface area (Å²) < 4.78 is 8.30. The number of anilines is 1. The minimum Gasteiger partial charge on any atom is -0.413 e. The minimum atomic E-state index is -1.76. The molecule has 3 rings (SSSR count). The molecular weight excluding hydrogens is 326 g/mol. The van der Waals surface area contributed by atoms with Crippen molar-refractivity contribution in [3.63, 3.8) is 0 Å². The van der Waals surface area contributed by atoms with Gasteiger partial charge in [-0.1, -0.05) is 45.0 Å².